The summed E-state index contributed by atoms with van der Waals surface area (Å²) in [5.74, 6) is 1.43. The minimum atomic E-state index is -0.0727. The number of methoxy groups -OCH3 is 2. The van der Waals surface area contributed by atoms with Gasteiger partial charge in [-0.3, -0.25) is 0 Å². The van der Waals surface area contributed by atoms with Gasteiger partial charge in [0.05, 0.1) is 30.5 Å². The van der Waals surface area contributed by atoms with Crippen molar-refractivity contribution in [2.45, 2.75) is 13.8 Å². The fraction of sp³-hybridized carbons (Fsp3) is 0.190. The summed E-state index contributed by atoms with van der Waals surface area (Å²) < 4.78 is 10.7. The third kappa shape index (κ3) is 4.72. The van der Waals surface area contributed by atoms with Gasteiger partial charge in [-0.25, -0.2) is 4.98 Å². The summed E-state index contributed by atoms with van der Waals surface area (Å²) in [6.45, 7) is 3.80. The van der Waals surface area contributed by atoms with Crippen LogP contribution in [0.3, 0.4) is 0 Å². The fourth-order valence-corrected chi connectivity index (χ4v) is 3.82. The van der Waals surface area contributed by atoms with Crippen LogP contribution in [0.5, 0.6) is 11.5 Å². The number of nitrogens with zero attached hydrogens (tertiary/aromatic N) is 3. The highest BCUT2D eigenvalue weighted by molar-refractivity contribution is 7.17. The number of thiazole rings is 1. The Morgan fingerprint density at radius 3 is 2.03 bits per heavy atom. The number of ether oxygens (including phenoxy) is 2. The van der Waals surface area contributed by atoms with Crippen molar-refractivity contribution in [2.75, 3.05) is 14.2 Å². The predicted molar refractivity (Wildman–Crippen MR) is 119 cm³/mol. The van der Waals surface area contributed by atoms with Crippen LogP contribution in [0.4, 0.5) is 0 Å². The van der Waals surface area contributed by atoms with Crippen LogP contribution in [0.2, 0.25) is 0 Å². The standard InChI is InChI=1S/C21H23N5O2S/c1-12-19(13(2)25-26-21(22)23)29-20(24-12)15-7-5-14(6-8-15)16-9-17(27-3)11-18(10-16)28-4/h5-11H,1-4H3,(H4,22,23,26)/b25-13+. The largest absolute Gasteiger partial charge is 0.497 e. The second kappa shape index (κ2) is 8.74. The highest BCUT2D eigenvalue weighted by Gasteiger charge is 2.12. The summed E-state index contributed by atoms with van der Waals surface area (Å²) in [5.41, 5.74) is 15.4. The van der Waals surface area contributed by atoms with E-state index >= 15 is 0 Å². The highest BCUT2D eigenvalue weighted by atomic mass is 32.1. The second-order valence-electron chi connectivity index (χ2n) is 6.32. The molecule has 150 valence electrons. The zero-order valence-corrected chi connectivity index (χ0v) is 17.6. The van der Waals surface area contributed by atoms with E-state index < -0.39 is 0 Å². The summed E-state index contributed by atoms with van der Waals surface area (Å²) in [7, 11) is 3.28. The third-order valence-corrected chi connectivity index (χ3v) is 5.57. The molecular weight excluding hydrogens is 386 g/mol. The Kier molecular flexibility index (Phi) is 6.13. The SMILES string of the molecule is COc1cc(OC)cc(-c2ccc(-c3nc(C)c(/C(C)=N/N=C(N)N)s3)cc2)c1. The number of hydrogen-bond acceptors (Lipinski definition) is 6. The van der Waals surface area contributed by atoms with E-state index in [1.54, 1.807) is 25.6 Å². The number of hydrogen-bond donors (Lipinski definition) is 2. The first-order chi connectivity index (χ1) is 13.9. The monoisotopic (exact) mass is 409 g/mol. The van der Waals surface area contributed by atoms with Crippen LogP contribution >= 0.6 is 11.3 Å². The number of nitrogens with two attached hydrogens (primary N) is 2. The molecular formula is C21H23N5O2S. The van der Waals surface area contributed by atoms with Gasteiger partial charge in [0.15, 0.2) is 0 Å². The van der Waals surface area contributed by atoms with E-state index in [0.29, 0.717) is 0 Å². The topological polar surface area (TPSA) is 108 Å². The number of guanidine groups is 1. The van der Waals surface area contributed by atoms with Gasteiger partial charge in [0.25, 0.3) is 0 Å². The lowest BCUT2D eigenvalue weighted by Gasteiger charge is -2.09. The van der Waals surface area contributed by atoms with Crippen molar-refractivity contribution >= 4 is 23.0 Å². The van der Waals surface area contributed by atoms with Crippen LogP contribution in [-0.2, 0) is 0 Å². The summed E-state index contributed by atoms with van der Waals surface area (Å²) in [5, 5.41) is 8.67. The van der Waals surface area contributed by atoms with Crippen LogP contribution < -0.4 is 20.9 Å². The molecule has 3 aromatic rings. The minimum Gasteiger partial charge on any atom is -0.497 e. The second-order valence-corrected chi connectivity index (χ2v) is 7.32. The van der Waals surface area contributed by atoms with Crippen molar-refractivity contribution in [2.24, 2.45) is 21.7 Å². The molecule has 4 N–H and O–H groups in total. The van der Waals surface area contributed by atoms with Crippen LogP contribution in [0.15, 0.2) is 52.7 Å². The molecule has 2 aromatic carbocycles. The van der Waals surface area contributed by atoms with E-state index in [0.717, 1.165) is 49.5 Å². The lowest BCUT2D eigenvalue weighted by atomic mass is 10.0. The lowest BCUT2D eigenvalue weighted by molar-refractivity contribution is 0.394. The van der Waals surface area contributed by atoms with Gasteiger partial charge in [-0.2, -0.15) is 5.10 Å². The Morgan fingerprint density at radius 2 is 1.48 bits per heavy atom. The average Bonchev–Trinajstić information content (AvgIpc) is 3.13. The summed E-state index contributed by atoms with van der Waals surface area (Å²) in [6, 6.07) is 14.0. The molecule has 0 spiro atoms. The van der Waals surface area contributed by atoms with Crippen LogP contribution in [0, 0.1) is 6.92 Å². The molecule has 0 aliphatic heterocycles. The molecule has 0 radical (unpaired) electrons. The normalized spacial score (nSPS) is 11.2. The first-order valence-corrected chi connectivity index (χ1v) is 9.67. The van der Waals surface area contributed by atoms with E-state index in [1.807, 2.05) is 44.2 Å². The molecule has 0 amide bonds. The van der Waals surface area contributed by atoms with Gasteiger partial charge in [0, 0.05) is 11.6 Å². The zero-order valence-electron chi connectivity index (χ0n) is 16.8. The number of rotatable bonds is 6. The summed E-state index contributed by atoms with van der Waals surface area (Å²) in [6.07, 6.45) is 0. The lowest BCUT2D eigenvalue weighted by Crippen LogP contribution is -2.22. The minimum absolute atomic E-state index is 0.0727. The molecule has 1 aromatic heterocycles. The molecule has 0 saturated heterocycles. The van der Waals surface area contributed by atoms with Gasteiger partial charge in [0.2, 0.25) is 5.96 Å². The number of aryl methyl sites for hydroxylation is 1. The van der Waals surface area contributed by atoms with E-state index in [2.05, 4.69) is 27.3 Å². The van der Waals surface area contributed by atoms with E-state index in [1.165, 1.54) is 0 Å². The molecule has 8 heteroatoms. The Bertz CT molecular complexity index is 1040. The van der Waals surface area contributed by atoms with E-state index in [-0.39, 0.29) is 5.96 Å². The Balaban J connectivity index is 1.91. The van der Waals surface area contributed by atoms with Gasteiger partial charge in [0.1, 0.15) is 16.5 Å². The molecule has 0 fully saturated rings. The summed E-state index contributed by atoms with van der Waals surface area (Å²) in [4.78, 5) is 5.62. The third-order valence-electron chi connectivity index (χ3n) is 4.26. The van der Waals surface area contributed by atoms with Crippen molar-refractivity contribution in [1.82, 2.24) is 4.98 Å². The number of benzene rings is 2. The van der Waals surface area contributed by atoms with Gasteiger partial charge in [-0.05, 0) is 37.1 Å². The van der Waals surface area contributed by atoms with Gasteiger partial charge >= 0.3 is 0 Å². The van der Waals surface area contributed by atoms with Gasteiger partial charge in [-0.1, -0.05) is 24.3 Å². The molecule has 0 unspecified atom stereocenters. The van der Waals surface area contributed by atoms with E-state index in [4.69, 9.17) is 20.9 Å². The highest BCUT2D eigenvalue weighted by Crippen LogP contribution is 2.33. The molecule has 0 atom stereocenters. The summed E-state index contributed by atoms with van der Waals surface area (Å²) >= 11 is 1.55. The molecule has 0 aliphatic carbocycles. The maximum absolute atomic E-state index is 5.36. The van der Waals surface area contributed by atoms with Crippen LogP contribution in [0.1, 0.15) is 17.5 Å². The molecule has 29 heavy (non-hydrogen) atoms. The van der Waals surface area contributed by atoms with Gasteiger partial charge in [-0.15, -0.1) is 16.4 Å². The molecule has 0 bridgehead atoms. The fourth-order valence-electron chi connectivity index (χ4n) is 2.81. The zero-order chi connectivity index (χ0) is 21.0. The molecule has 1 heterocycles. The quantitative estimate of drug-likeness (QED) is 0.366. The van der Waals surface area contributed by atoms with Crippen LogP contribution in [0.25, 0.3) is 21.7 Å². The molecule has 3 rings (SSSR count). The van der Waals surface area contributed by atoms with Crippen molar-refractivity contribution < 1.29 is 9.47 Å². The Labute approximate surface area is 173 Å². The van der Waals surface area contributed by atoms with Crippen molar-refractivity contribution in [3.05, 3.63) is 53.0 Å². The van der Waals surface area contributed by atoms with Crippen molar-refractivity contribution in [3.63, 3.8) is 0 Å². The van der Waals surface area contributed by atoms with E-state index in [9.17, 15) is 0 Å². The molecule has 0 aliphatic rings. The maximum atomic E-state index is 5.36. The van der Waals surface area contributed by atoms with Crippen LogP contribution in [-0.4, -0.2) is 30.9 Å². The maximum Gasteiger partial charge on any atom is 0.211 e. The first-order valence-electron chi connectivity index (χ1n) is 8.86. The average molecular weight is 410 g/mol. The first kappa shape index (κ1) is 20.3. The smallest absolute Gasteiger partial charge is 0.211 e. The number of aromatic nitrogens is 1. The Morgan fingerprint density at radius 1 is 0.897 bits per heavy atom. The van der Waals surface area contributed by atoms with Crippen molar-refractivity contribution in [1.29, 1.82) is 0 Å². The molecule has 0 saturated carbocycles. The van der Waals surface area contributed by atoms with Crippen molar-refractivity contribution in [3.8, 4) is 33.2 Å². The predicted octanol–water partition coefficient (Wildman–Crippen LogP) is 3.80. The molecule has 7 nitrogen and oxygen atoms in total. The van der Waals surface area contributed by atoms with Gasteiger partial charge < -0.3 is 20.9 Å². The Hall–Kier alpha value is -3.39.